The van der Waals surface area contributed by atoms with Crippen molar-refractivity contribution in [1.29, 1.82) is 0 Å². The lowest BCUT2D eigenvalue weighted by Gasteiger charge is -2.26. The van der Waals surface area contributed by atoms with Crippen LogP contribution in [0.1, 0.15) is 29.5 Å². The van der Waals surface area contributed by atoms with Gasteiger partial charge in [-0.25, -0.2) is 0 Å². The number of hydrogen-bond acceptors (Lipinski definition) is 6. The third-order valence-electron chi connectivity index (χ3n) is 5.73. The highest BCUT2D eigenvalue weighted by molar-refractivity contribution is 5.69. The van der Waals surface area contributed by atoms with E-state index in [1.165, 1.54) is 29.5 Å². The first-order valence-electron chi connectivity index (χ1n) is 11.0. The molecule has 0 atom stereocenters. The number of morpholine rings is 1. The molecule has 0 bridgehead atoms. The highest BCUT2D eigenvalue weighted by atomic mass is 16.5. The third-order valence-corrected chi connectivity index (χ3v) is 5.73. The summed E-state index contributed by atoms with van der Waals surface area (Å²) in [7, 11) is 0. The summed E-state index contributed by atoms with van der Waals surface area (Å²) in [4.78, 5) is 6.77. The fraction of sp³-hybridized carbons (Fsp3) is 0.458. The fourth-order valence-electron chi connectivity index (χ4n) is 3.74. The molecular weight excluding hydrogens is 374 g/mol. The first-order chi connectivity index (χ1) is 14.8. The molecule has 0 radical (unpaired) electrons. The standard InChI is InChI=1S/C24H33N5O/c25-15-21(17-28-23-5-6-23)24-8-9-26-16-20(24)7-10-27-22-3-1-19(2-4-22)18-29-11-13-30-14-12-29/h1-4,8-9,16-17,23,27-28H,5-7,10-15,18,25H2/b21-17+. The van der Waals surface area contributed by atoms with Gasteiger partial charge in [0.25, 0.3) is 0 Å². The largest absolute Gasteiger partial charge is 0.388 e. The van der Waals surface area contributed by atoms with Crippen LogP contribution in [0.2, 0.25) is 0 Å². The molecule has 160 valence electrons. The zero-order chi connectivity index (χ0) is 20.6. The van der Waals surface area contributed by atoms with Crippen molar-refractivity contribution in [2.45, 2.75) is 31.8 Å². The molecule has 1 aromatic carbocycles. The van der Waals surface area contributed by atoms with E-state index in [1.54, 1.807) is 0 Å². The van der Waals surface area contributed by atoms with Gasteiger partial charge >= 0.3 is 0 Å². The normalized spacial score (nSPS) is 17.7. The minimum absolute atomic E-state index is 0.523. The number of aromatic nitrogens is 1. The molecule has 4 N–H and O–H groups in total. The van der Waals surface area contributed by atoms with Crippen LogP contribution < -0.4 is 16.4 Å². The lowest BCUT2D eigenvalue weighted by Crippen LogP contribution is -2.35. The average molecular weight is 408 g/mol. The van der Waals surface area contributed by atoms with Gasteiger partial charge in [-0.1, -0.05) is 12.1 Å². The predicted octanol–water partition coefficient (Wildman–Crippen LogP) is 2.62. The molecule has 2 heterocycles. The van der Waals surface area contributed by atoms with Gasteiger partial charge in [-0.05, 0) is 59.7 Å². The molecule has 1 saturated heterocycles. The highest BCUT2D eigenvalue weighted by Gasteiger charge is 2.19. The van der Waals surface area contributed by atoms with Crippen LogP contribution in [0.15, 0.2) is 48.9 Å². The number of anilines is 1. The van der Waals surface area contributed by atoms with Gasteiger partial charge in [0.15, 0.2) is 0 Å². The Bertz CT molecular complexity index is 826. The lowest BCUT2D eigenvalue weighted by atomic mass is 10.0. The molecule has 2 aromatic rings. The zero-order valence-electron chi connectivity index (χ0n) is 17.6. The van der Waals surface area contributed by atoms with Gasteiger partial charge < -0.3 is 21.1 Å². The number of nitrogens with zero attached hydrogens (tertiary/aromatic N) is 2. The van der Waals surface area contributed by atoms with E-state index in [0.29, 0.717) is 12.6 Å². The van der Waals surface area contributed by atoms with Crippen LogP contribution in [0.4, 0.5) is 5.69 Å². The Kier molecular flexibility index (Phi) is 7.34. The molecule has 6 heteroatoms. The Balaban J connectivity index is 1.30. The Hall–Kier alpha value is -2.41. The average Bonchev–Trinajstić information content (AvgIpc) is 3.62. The van der Waals surface area contributed by atoms with Crippen LogP contribution in [-0.2, 0) is 17.7 Å². The summed E-state index contributed by atoms with van der Waals surface area (Å²) in [6.45, 7) is 6.09. The van der Waals surface area contributed by atoms with Gasteiger partial charge in [0.2, 0.25) is 0 Å². The molecule has 2 aliphatic rings. The van der Waals surface area contributed by atoms with E-state index in [-0.39, 0.29) is 0 Å². The van der Waals surface area contributed by atoms with Gasteiger partial charge in [-0.15, -0.1) is 0 Å². The molecule has 1 aromatic heterocycles. The summed E-state index contributed by atoms with van der Waals surface area (Å²) in [6.07, 6.45) is 9.32. The maximum atomic E-state index is 6.03. The van der Waals surface area contributed by atoms with Crippen molar-refractivity contribution in [3.8, 4) is 0 Å². The van der Waals surface area contributed by atoms with E-state index < -0.39 is 0 Å². The van der Waals surface area contributed by atoms with E-state index in [2.05, 4.69) is 57.0 Å². The number of rotatable bonds is 10. The van der Waals surface area contributed by atoms with Crippen molar-refractivity contribution in [2.24, 2.45) is 5.73 Å². The first kappa shape index (κ1) is 20.8. The van der Waals surface area contributed by atoms with Crippen molar-refractivity contribution in [3.63, 3.8) is 0 Å². The number of pyridine rings is 1. The van der Waals surface area contributed by atoms with E-state index in [9.17, 15) is 0 Å². The second-order valence-electron chi connectivity index (χ2n) is 8.11. The molecule has 0 spiro atoms. The van der Waals surface area contributed by atoms with E-state index in [1.807, 2.05) is 12.4 Å². The van der Waals surface area contributed by atoms with Crippen LogP contribution in [0.25, 0.3) is 5.57 Å². The van der Waals surface area contributed by atoms with Crippen LogP contribution in [0, 0.1) is 0 Å². The predicted molar refractivity (Wildman–Crippen MR) is 122 cm³/mol. The quantitative estimate of drug-likeness (QED) is 0.562. The minimum atomic E-state index is 0.523. The Morgan fingerprint density at radius 3 is 2.70 bits per heavy atom. The summed E-state index contributed by atoms with van der Waals surface area (Å²) >= 11 is 0. The summed E-state index contributed by atoms with van der Waals surface area (Å²) in [6, 6.07) is 11.5. The molecule has 0 amide bonds. The minimum Gasteiger partial charge on any atom is -0.388 e. The third kappa shape index (κ3) is 6.05. The lowest BCUT2D eigenvalue weighted by molar-refractivity contribution is 0.0342. The molecule has 2 fully saturated rings. The van der Waals surface area contributed by atoms with Gasteiger partial charge in [-0.2, -0.15) is 0 Å². The van der Waals surface area contributed by atoms with Crippen LogP contribution >= 0.6 is 0 Å². The Morgan fingerprint density at radius 1 is 1.17 bits per heavy atom. The van der Waals surface area contributed by atoms with Crippen LogP contribution in [0.3, 0.4) is 0 Å². The zero-order valence-corrected chi connectivity index (χ0v) is 17.6. The molecule has 0 unspecified atom stereocenters. The number of benzene rings is 1. The number of hydrogen-bond donors (Lipinski definition) is 3. The monoisotopic (exact) mass is 407 g/mol. The second kappa shape index (κ2) is 10.6. The van der Waals surface area contributed by atoms with Crippen molar-refractivity contribution in [1.82, 2.24) is 15.2 Å². The maximum absolute atomic E-state index is 6.03. The van der Waals surface area contributed by atoms with Crippen LogP contribution in [-0.4, -0.2) is 55.3 Å². The first-order valence-corrected chi connectivity index (χ1v) is 11.0. The fourth-order valence-corrected chi connectivity index (χ4v) is 3.74. The van der Waals surface area contributed by atoms with Gasteiger partial charge in [0.1, 0.15) is 0 Å². The summed E-state index contributed by atoms with van der Waals surface area (Å²) in [5.74, 6) is 0. The molecule has 30 heavy (non-hydrogen) atoms. The molecule has 1 saturated carbocycles. The second-order valence-corrected chi connectivity index (χ2v) is 8.11. The Morgan fingerprint density at radius 2 is 1.97 bits per heavy atom. The SMILES string of the molecule is NC/C(=C\NC1CC1)c1ccncc1CCNc1ccc(CN2CCOCC2)cc1. The number of nitrogens with two attached hydrogens (primary N) is 1. The number of nitrogens with one attached hydrogen (secondary N) is 2. The van der Waals surface area contributed by atoms with Gasteiger partial charge in [-0.3, -0.25) is 9.88 Å². The number of ether oxygens (including phenoxy) is 1. The van der Waals surface area contributed by atoms with Crippen molar-refractivity contribution < 1.29 is 4.74 Å². The van der Waals surface area contributed by atoms with Crippen molar-refractivity contribution in [3.05, 3.63) is 65.6 Å². The van der Waals surface area contributed by atoms with E-state index >= 15 is 0 Å². The highest BCUT2D eigenvalue weighted by Crippen LogP contribution is 2.22. The smallest absolute Gasteiger partial charge is 0.0594 e. The molecule has 6 nitrogen and oxygen atoms in total. The van der Waals surface area contributed by atoms with Crippen molar-refractivity contribution in [2.75, 3.05) is 44.7 Å². The molecule has 1 aliphatic carbocycles. The van der Waals surface area contributed by atoms with Crippen LogP contribution in [0.5, 0.6) is 0 Å². The van der Waals surface area contributed by atoms with Gasteiger partial charge in [0.05, 0.1) is 13.2 Å². The van der Waals surface area contributed by atoms with E-state index in [4.69, 9.17) is 10.5 Å². The van der Waals surface area contributed by atoms with E-state index in [0.717, 1.165) is 57.1 Å². The summed E-state index contributed by atoms with van der Waals surface area (Å²) in [5, 5.41) is 7.00. The topological polar surface area (TPSA) is 75.4 Å². The maximum Gasteiger partial charge on any atom is 0.0594 e. The molecular formula is C24H33N5O. The molecule has 4 rings (SSSR count). The van der Waals surface area contributed by atoms with Gasteiger partial charge in [0, 0.05) is 63.0 Å². The Labute approximate surface area is 179 Å². The molecule has 1 aliphatic heterocycles. The van der Waals surface area contributed by atoms with Crippen molar-refractivity contribution >= 4 is 11.3 Å². The summed E-state index contributed by atoms with van der Waals surface area (Å²) in [5.41, 5.74) is 12.1. The summed E-state index contributed by atoms with van der Waals surface area (Å²) < 4.78 is 5.42.